The van der Waals surface area contributed by atoms with Gasteiger partial charge in [0.1, 0.15) is 0 Å². The van der Waals surface area contributed by atoms with Crippen LogP contribution in [0, 0.1) is 11.3 Å². The first kappa shape index (κ1) is 15.8. The quantitative estimate of drug-likeness (QED) is 0.646. The average Bonchev–Trinajstić information content (AvgIpc) is 2.22. The lowest BCUT2D eigenvalue weighted by molar-refractivity contribution is 0.0882. The Bertz CT molecular complexity index is 256. The van der Waals surface area contributed by atoms with Crippen LogP contribution in [0.1, 0.15) is 67.2 Å². The zero-order valence-electron chi connectivity index (χ0n) is 13.4. The van der Waals surface area contributed by atoms with E-state index >= 15 is 0 Å². The topological polar surface area (TPSA) is 3.24 Å². The smallest absolute Gasteiger partial charge is 0.0125 e. The number of nitrogens with zero attached hydrogens (tertiary/aromatic N) is 1. The van der Waals surface area contributed by atoms with E-state index < -0.39 is 0 Å². The van der Waals surface area contributed by atoms with Gasteiger partial charge in [-0.15, -0.1) is 0 Å². The number of likely N-dealkylation sites (tertiary alicyclic amines) is 1. The van der Waals surface area contributed by atoms with E-state index in [-0.39, 0.29) is 0 Å². The molecule has 1 aliphatic heterocycles. The summed E-state index contributed by atoms with van der Waals surface area (Å²) in [7, 11) is 0. The number of rotatable bonds is 3. The van der Waals surface area contributed by atoms with Crippen molar-refractivity contribution in [3.05, 3.63) is 12.2 Å². The van der Waals surface area contributed by atoms with Crippen LogP contribution in [0.15, 0.2) is 12.2 Å². The molecule has 0 aliphatic carbocycles. The molecule has 106 valence electrons. The summed E-state index contributed by atoms with van der Waals surface area (Å²) in [5.41, 5.74) is 0.791. The fourth-order valence-electron chi connectivity index (χ4n) is 2.57. The SMILES string of the molecule is CC(C)(C)C/C=C/CC1CCN(C(C)(C)C)CC1. The second kappa shape index (κ2) is 6.23. The fraction of sp³-hybridized carbons (Fsp3) is 0.882. The Hall–Kier alpha value is -0.300. The first-order chi connectivity index (χ1) is 8.18. The molecule has 18 heavy (non-hydrogen) atoms. The van der Waals surface area contributed by atoms with E-state index in [0.29, 0.717) is 11.0 Å². The van der Waals surface area contributed by atoms with Gasteiger partial charge < -0.3 is 0 Å². The van der Waals surface area contributed by atoms with E-state index in [4.69, 9.17) is 0 Å². The van der Waals surface area contributed by atoms with Crippen molar-refractivity contribution in [1.29, 1.82) is 0 Å². The summed E-state index contributed by atoms with van der Waals surface area (Å²) < 4.78 is 0. The van der Waals surface area contributed by atoms with E-state index in [1.807, 2.05) is 0 Å². The van der Waals surface area contributed by atoms with Crippen LogP contribution >= 0.6 is 0 Å². The van der Waals surface area contributed by atoms with Crippen molar-refractivity contribution in [1.82, 2.24) is 4.90 Å². The molecule has 1 nitrogen and oxygen atoms in total. The van der Waals surface area contributed by atoms with Crippen molar-refractivity contribution in [2.24, 2.45) is 11.3 Å². The van der Waals surface area contributed by atoms with Crippen LogP contribution in [0.2, 0.25) is 0 Å². The molecule has 0 N–H and O–H groups in total. The zero-order valence-corrected chi connectivity index (χ0v) is 13.4. The Morgan fingerprint density at radius 3 is 1.94 bits per heavy atom. The molecule has 1 heterocycles. The van der Waals surface area contributed by atoms with Crippen LogP contribution in [-0.2, 0) is 0 Å². The third-order valence-corrected chi connectivity index (χ3v) is 3.93. The first-order valence-corrected chi connectivity index (χ1v) is 7.58. The van der Waals surface area contributed by atoms with Crippen LogP contribution in [0.5, 0.6) is 0 Å². The molecule has 0 aromatic rings. The highest BCUT2D eigenvalue weighted by Crippen LogP contribution is 2.26. The zero-order chi connectivity index (χ0) is 13.8. The van der Waals surface area contributed by atoms with Crippen LogP contribution in [-0.4, -0.2) is 23.5 Å². The molecule has 0 amide bonds. The van der Waals surface area contributed by atoms with E-state index in [1.54, 1.807) is 0 Å². The molecule has 0 aromatic carbocycles. The third-order valence-electron chi connectivity index (χ3n) is 3.93. The van der Waals surface area contributed by atoms with E-state index in [9.17, 15) is 0 Å². The van der Waals surface area contributed by atoms with Gasteiger partial charge in [0.15, 0.2) is 0 Å². The predicted molar refractivity (Wildman–Crippen MR) is 81.9 cm³/mol. The Kier molecular flexibility index (Phi) is 5.46. The van der Waals surface area contributed by atoms with Crippen molar-refractivity contribution in [3.63, 3.8) is 0 Å². The van der Waals surface area contributed by atoms with E-state index in [1.165, 1.54) is 38.8 Å². The Morgan fingerprint density at radius 1 is 0.944 bits per heavy atom. The molecular weight excluding hydrogens is 218 g/mol. The van der Waals surface area contributed by atoms with Gasteiger partial charge >= 0.3 is 0 Å². The van der Waals surface area contributed by atoms with Gasteiger partial charge in [-0.1, -0.05) is 32.9 Å². The van der Waals surface area contributed by atoms with Crippen molar-refractivity contribution in [3.8, 4) is 0 Å². The maximum atomic E-state index is 2.63. The molecule has 1 saturated heterocycles. The largest absolute Gasteiger partial charge is 0.298 e. The highest BCUT2D eigenvalue weighted by molar-refractivity contribution is 4.90. The molecule has 0 unspecified atom stereocenters. The standard InChI is InChI=1S/C17H33N/c1-16(2,3)12-8-7-9-15-10-13-18(14-11-15)17(4,5)6/h7-8,15H,9-14H2,1-6H3/b8-7+. The van der Waals surface area contributed by atoms with Crippen molar-refractivity contribution in [2.45, 2.75) is 72.8 Å². The molecule has 0 bridgehead atoms. The molecule has 0 aromatic heterocycles. The molecule has 0 atom stereocenters. The van der Waals surface area contributed by atoms with Gasteiger partial charge in [0.05, 0.1) is 0 Å². The summed E-state index contributed by atoms with van der Waals surface area (Å²) in [4.78, 5) is 2.63. The molecule has 0 saturated carbocycles. The van der Waals surface area contributed by atoms with Crippen molar-refractivity contribution < 1.29 is 0 Å². The summed E-state index contributed by atoms with van der Waals surface area (Å²) in [6.45, 7) is 16.5. The maximum absolute atomic E-state index is 2.63. The van der Waals surface area contributed by atoms with Crippen LogP contribution in [0.3, 0.4) is 0 Å². The van der Waals surface area contributed by atoms with Crippen LogP contribution < -0.4 is 0 Å². The fourth-order valence-corrected chi connectivity index (χ4v) is 2.57. The molecule has 1 fully saturated rings. The summed E-state index contributed by atoms with van der Waals surface area (Å²) >= 11 is 0. The minimum atomic E-state index is 0.354. The number of hydrogen-bond acceptors (Lipinski definition) is 1. The van der Waals surface area contributed by atoms with Gasteiger partial charge in [0.2, 0.25) is 0 Å². The predicted octanol–water partition coefficient (Wildman–Crippen LogP) is 4.88. The van der Waals surface area contributed by atoms with E-state index in [2.05, 4.69) is 58.6 Å². The number of piperidine rings is 1. The van der Waals surface area contributed by atoms with Crippen molar-refractivity contribution in [2.75, 3.05) is 13.1 Å². The molecule has 1 aliphatic rings. The lowest BCUT2D eigenvalue weighted by atomic mass is 9.89. The van der Waals surface area contributed by atoms with Gasteiger partial charge in [-0.05, 0) is 70.9 Å². The van der Waals surface area contributed by atoms with Crippen LogP contribution in [0.25, 0.3) is 0 Å². The molecule has 0 spiro atoms. The first-order valence-electron chi connectivity index (χ1n) is 7.58. The summed E-state index contributed by atoms with van der Waals surface area (Å²) in [5.74, 6) is 0.916. The Morgan fingerprint density at radius 2 is 1.50 bits per heavy atom. The lowest BCUT2D eigenvalue weighted by Crippen LogP contribution is -2.46. The van der Waals surface area contributed by atoms with Crippen molar-refractivity contribution >= 4 is 0 Å². The molecular formula is C17H33N. The second-order valence-corrected chi connectivity index (χ2v) is 8.07. The normalized spacial score (nSPS) is 20.8. The average molecular weight is 251 g/mol. The van der Waals surface area contributed by atoms with Gasteiger partial charge in [-0.3, -0.25) is 4.90 Å². The summed E-state index contributed by atoms with van der Waals surface area (Å²) in [6, 6.07) is 0. The van der Waals surface area contributed by atoms with Gasteiger partial charge in [-0.25, -0.2) is 0 Å². The number of hydrogen-bond donors (Lipinski definition) is 0. The minimum Gasteiger partial charge on any atom is -0.298 e. The molecule has 1 rings (SSSR count). The summed E-state index contributed by atoms with van der Waals surface area (Å²) in [5, 5.41) is 0. The summed E-state index contributed by atoms with van der Waals surface area (Å²) in [6.07, 6.45) is 10.0. The third kappa shape index (κ3) is 6.04. The molecule has 0 radical (unpaired) electrons. The van der Waals surface area contributed by atoms with E-state index in [0.717, 1.165) is 5.92 Å². The Balaban J connectivity index is 2.24. The van der Waals surface area contributed by atoms with Gasteiger partial charge in [0.25, 0.3) is 0 Å². The van der Waals surface area contributed by atoms with Crippen LogP contribution in [0.4, 0.5) is 0 Å². The minimum absolute atomic E-state index is 0.354. The maximum Gasteiger partial charge on any atom is 0.0125 e. The molecule has 1 heteroatoms. The second-order valence-electron chi connectivity index (χ2n) is 8.07. The Labute approximate surface area is 115 Å². The monoisotopic (exact) mass is 251 g/mol. The number of allylic oxidation sites excluding steroid dienone is 2. The highest BCUT2D eigenvalue weighted by atomic mass is 15.2. The highest BCUT2D eigenvalue weighted by Gasteiger charge is 2.26. The van der Waals surface area contributed by atoms with Gasteiger partial charge in [0, 0.05) is 5.54 Å². The lowest BCUT2D eigenvalue weighted by Gasteiger charge is -2.40. The van der Waals surface area contributed by atoms with Gasteiger partial charge in [-0.2, -0.15) is 0 Å².